The standard InChI is InChI=1S/C24H26F2N2O2/c1-3-24(25,26)20-8-10-21(11-9-20)30-16-19-6-4-5-17-15-18(7-12-22(17)19)23(29)28-14-13-27-2/h4-12,15,27H,3,13-14,16H2,1-2H3,(H,28,29). The minimum Gasteiger partial charge on any atom is -0.489 e. The van der Waals surface area contributed by atoms with Crippen LogP contribution in [0.4, 0.5) is 8.78 Å². The summed E-state index contributed by atoms with van der Waals surface area (Å²) in [6.07, 6.45) is -0.237. The van der Waals surface area contributed by atoms with Crippen LogP contribution in [0, 0.1) is 0 Å². The molecule has 3 aromatic rings. The molecule has 6 heteroatoms. The highest BCUT2D eigenvalue weighted by Gasteiger charge is 2.28. The Morgan fingerprint density at radius 3 is 2.50 bits per heavy atom. The number of nitrogens with one attached hydrogen (secondary N) is 2. The van der Waals surface area contributed by atoms with Crippen molar-refractivity contribution in [2.75, 3.05) is 20.1 Å². The highest BCUT2D eigenvalue weighted by atomic mass is 19.3. The zero-order chi connectivity index (χ0) is 21.6. The Balaban J connectivity index is 1.71. The van der Waals surface area contributed by atoms with Crippen molar-refractivity contribution in [2.24, 2.45) is 0 Å². The van der Waals surface area contributed by atoms with Gasteiger partial charge in [-0.15, -0.1) is 0 Å². The molecular formula is C24H26F2N2O2. The van der Waals surface area contributed by atoms with Gasteiger partial charge in [-0.25, -0.2) is 8.78 Å². The zero-order valence-corrected chi connectivity index (χ0v) is 17.2. The van der Waals surface area contributed by atoms with E-state index in [-0.39, 0.29) is 17.9 Å². The smallest absolute Gasteiger partial charge is 0.273 e. The molecule has 0 aliphatic heterocycles. The number of hydrogen-bond donors (Lipinski definition) is 2. The van der Waals surface area contributed by atoms with Crippen LogP contribution >= 0.6 is 0 Å². The first kappa shape index (κ1) is 21.7. The second kappa shape index (κ2) is 9.67. The Kier molecular flexibility index (Phi) is 7.00. The monoisotopic (exact) mass is 412 g/mol. The van der Waals surface area contributed by atoms with Crippen molar-refractivity contribution in [3.05, 3.63) is 77.4 Å². The van der Waals surface area contributed by atoms with Gasteiger partial charge in [0.15, 0.2) is 0 Å². The molecule has 2 N–H and O–H groups in total. The zero-order valence-electron chi connectivity index (χ0n) is 17.2. The summed E-state index contributed by atoms with van der Waals surface area (Å²) in [5.74, 6) is -2.41. The molecule has 3 rings (SSSR count). The number of benzene rings is 3. The molecule has 0 fully saturated rings. The summed E-state index contributed by atoms with van der Waals surface area (Å²) >= 11 is 0. The third-order valence-corrected chi connectivity index (χ3v) is 5.01. The Morgan fingerprint density at radius 1 is 1.03 bits per heavy atom. The minimum absolute atomic E-state index is 0.0111. The molecule has 0 aromatic heterocycles. The van der Waals surface area contributed by atoms with Gasteiger partial charge in [0, 0.05) is 30.6 Å². The van der Waals surface area contributed by atoms with Gasteiger partial charge in [0.1, 0.15) is 12.4 Å². The lowest BCUT2D eigenvalue weighted by Crippen LogP contribution is -2.30. The molecule has 0 unspecified atom stereocenters. The summed E-state index contributed by atoms with van der Waals surface area (Å²) in [6.45, 7) is 3.03. The van der Waals surface area contributed by atoms with Crippen molar-refractivity contribution in [3.63, 3.8) is 0 Å². The third-order valence-electron chi connectivity index (χ3n) is 5.01. The first-order chi connectivity index (χ1) is 14.4. The lowest BCUT2D eigenvalue weighted by Gasteiger charge is -2.15. The Morgan fingerprint density at radius 2 is 1.80 bits per heavy atom. The van der Waals surface area contributed by atoms with Crippen LogP contribution in [0.2, 0.25) is 0 Å². The Bertz CT molecular complexity index is 1000. The van der Waals surface area contributed by atoms with Crippen molar-refractivity contribution in [3.8, 4) is 5.75 Å². The van der Waals surface area contributed by atoms with Crippen LogP contribution in [0.3, 0.4) is 0 Å². The van der Waals surface area contributed by atoms with E-state index in [4.69, 9.17) is 4.74 Å². The van der Waals surface area contributed by atoms with Crippen LogP contribution in [0.1, 0.15) is 34.8 Å². The van der Waals surface area contributed by atoms with Gasteiger partial charge in [-0.05, 0) is 59.8 Å². The quantitative estimate of drug-likeness (QED) is 0.493. The molecule has 0 aliphatic rings. The van der Waals surface area contributed by atoms with Crippen molar-refractivity contribution in [1.29, 1.82) is 0 Å². The molecule has 0 radical (unpaired) electrons. The van der Waals surface area contributed by atoms with Crippen molar-refractivity contribution in [2.45, 2.75) is 25.9 Å². The molecule has 0 heterocycles. The summed E-state index contributed by atoms with van der Waals surface area (Å²) in [5, 5.41) is 7.78. The van der Waals surface area contributed by atoms with Gasteiger partial charge >= 0.3 is 0 Å². The summed E-state index contributed by atoms with van der Waals surface area (Å²) < 4.78 is 33.3. The molecule has 3 aromatic carbocycles. The van der Waals surface area contributed by atoms with Crippen LogP contribution < -0.4 is 15.4 Å². The van der Waals surface area contributed by atoms with Crippen LogP contribution in [0.15, 0.2) is 60.7 Å². The maximum Gasteiger partial charge on any atom is 0.273 e. The second-order valence-electron chi connectivity index (χ2n) is 7.08. The van der Waals surface area contributed by atoms with E-state index >= 15 is 0 Å². The van der Waals surface area contributed by atoms with Crippen LogP contribution in [0.5, 0.6) is 5.75 Å². The number of rotatable bonds is 9. The van der Waals surface area contributed by atoms with Gasteiger partial charge in [-0.3, -0.25) is 4.79 Å². The molecule has 0 saturated heterocycles. The van der Waals surface area contributed by atoms with Crippen molar-refractivity contribution >= 4 is 16.7 Å². The lowest BCUT2D eigenvalue weighted by atomic mass is 10.0. The number of halogens is 2. The molecular weight excluding hydrogens is 386 g/mol. The maximum atomic E-state index is 13.7. The van der Waals surface area contributed by atoms with E-state index in [0.29, 0.717) is 31.0 Å². The number of carbonyl (C=O) groups excluding carboxylic acids is 1. The van der Waals surface area contributed by atoms with E-state index < -0.39 is 5.92 Å². The number of amides is 1. The maximum absolute atomic E-state index is 13.7. The number of carbonyl (C=O) groups is 1. The average Bonchev–Trinajstić information content (AvgIpc) is 2.77. The predicted octanol–water partition coefficient (Wildman–Crippen LogP) is 4.87. The van der Waals surface area contributed by atoms with Crippen LogP contribution in [0.25, 0.3) is 10.8 Å². The fourth-order valence-corrected chi connectivity index (χ4v) is 3.18. The number of hydrogen-bond acceptors (Lipinski definition) is 3. The van der Waals surface area contributed by atoms with E-state index in [2.05, 4.69) is 10.6 Å². The highest BCUT2D eigenvalue weighted by molar-refractivity contribution is 5.99. The minimum atomic E-state index is -2.83. The van der Waals surface area contributed by atoms with Gasteiger partial charge in [-0.2, -0.15) is 0 Å². The fraction of sp³-hybridized carbons (Fsp3) is 0.292. The van der Waals surface area contributed by atoms with E-state index in [1.807, 2.05) is 37.4 Å². The summed E-state index contributed by atoms with van der Waals surface area (Å²) in [6, 6.07) is 17.3. The Hall–Kier alpha value is -2.99. The summed E-state index contributed by atoms with van der Waals surface area (Å²) in [7, 11) is 1.83. The fourth-order valence-electron chi connectivity index (χ4n) is 3.18. The van der Waals surface area contributed by atoms with E-state index in [9.17, 15) is 13.6 Å². The molecule has 0 spiro atoms. The number of fused-ring (bicyclic) bond motifs is 1. The molecule has 0 atom stereocenters. The van der Waals surface area contributed by atoms with Gasteiger partial charge in [0.25, 0.3) is 11.8 Å². The van der Waals surface area contributed by atoms with Crippen molar-refractivity contribution < 1.29 is 18.3 Å². The number of alkyl halides is 2. The highest BCUT2D eigenvalue weighted by Crippen LogP contribution is 2.32. The number of likely N-dealkylation sites (N-methyl/N-ethyl adjacent to an activating group) is 1. The van der Waals surface area contributed by atoms with Gasteiger partial charge in [-0.1, -0.05) is 31.2 Å². The normalized spacial score (nSPS) is 11.5. The first-order valence-electron chi connectivity index (χ1n) is 10.00. The second-order valence-corrected chi connectivity index (χ2v) is 7.08. The first-order valence-corrected chi connectivity index (χ1v) is 10.00. The molecule has 0 saturated carbocycles. The van der Waals surface area contributed by atoms with E-state index in [1.54, 1.807) is 18.2 Å². The topological polar surface area (TPSA) is 50.4 Å². The Labute approximate surface area is 175 Å². The average molecular weight is 412 g/mol. The summed E-state index contributed by atoms with van der Waals surface area (Å²) in [4.78, 5) is 12.3. The predicted molar refractivity (Wildman–Crippen MR) is 115 cm³/mol. The molecule has 30 heavy (non-hydrogen) atoms. The molecule has 0 bridgehead atoms. The third kappa shape index (κ3) is 5.13. The molecule has 158 valence electrons. The molecule has 0 aliphatic carbocycles. The van der Waals surface area contributed by atoms with Gasteiger partial charge in [0.05, 0.1) is 0 Å². The van der Waals surface area contributed by atoms with Crippen LogP contribution in [-0.2, 0) is 12.5 Å². The van der Waals surface area contributed by atoms with Crippen molar-refractivity contribution in [1.82, 2.24) is 10.6 Å². The molecule has 4 nitrogen and oxygen atoms in total. The van der Waals surface area contributed by atoms with Gasteiger partial charge < -0.3 is 15.4 Å². The van der Waals surface area contributed by atoms with Crippen LogP contribution in [-0.4, -0.2) is 26.0 Å². The number of ether oxygens (including phenoxy) is 1. The van der Waals surface area contributed by atoms with E-state index in [0.717, 1.165) is 16.3 Å². The summed E-state index contributed by atoms with van der Waals surface area (Å²) in [5.41, 5.74) is 1.55. The molecule has 1 amide bonds. The SMILES string of the molecule is CCC(F)(F)c1ccc(OCc2cccc3cc(C(=O)NCCNC)ccc23)cc1. The van der Waals surface area contributed by atoms with E-state index in [1.165, 1.54) is 19.1 Å². The van der Waals surface area contributed by atoms with Gasteiger partial charge in [0.2, 0.25) is 0 Å². The lowest BCUT2D eigenvalue weighted by molar-refractivity contribution is -0.00832. The largest absolute Gasteiger partial charge is 0.489 e.